The topological polar surface area (TPSA) is 104 Å². The lowest BCUT2D eigenvalue weighted by Gasteiger charge is -2.20. The van der Waals surface area contributed by atoms with Crippen LogP contribution in [0.15, 0.2) is 18.2 Å². The first-order valence-electron chi connectivity index (χ1n) is 5.74. The van der Waals surface area contributed by atoms with E-state index >= 15 is 0 Å². The van der Waals surface area contributed by atoms with Gasteiger partial charge < -0.3 is 14.9 Å². The van der Waals surface area contributed by atoms with Crippen molar-refractivity contribution in [3.05, 3.63) is 23.8 Å². The van der Waals surface area contributed by atoms with Crippen molar-refractivity contribution in [3.8, 4) is 11.5 Å². The van der Waals surface area contributed by atoms with Gasteiger partial charge in [-0.2, -0.15) is 4.31 Å². The van der Waals surface area contributed by atoms with E-state index in [1.54, 1.807) is 0 Å². The summed E-state index contributed by atoms with van der Waals surface area (Å²) < 4.78 is 29.8. The summed E-state index contributed by atoms with van der Waals surface area (Å²) in [6, 6.07) is 4.41. The van der Waals surface area contributed by atoms with E-state index in [4.69, 9.17) is 9.84 Å². The molecule has 20 heavy (non-hydrogen) atoms. The van der Waals surface area contributed by atoms with Crippen LogP contribution in [0.3, 0.4) is 0 Å². The van der Waals surface area contributed by atoms with Gasteiger partial charge in [-0.15, -0.1) is 0 Å². The lowest BCUT2D eigenvalue weighted by Crippen LogP contribution is -2.38. The Balaban J connectivity index is 2.96. The standard InChI is InChI=1S/C12H17NO6S/c1-8(12(15)16)20(17,18)13(2)7-9-4-5-10(14)11(6-9)19-3/h4-6,8,14H,7H2,1-3H3,(H,15,16). The van der Waals surface area contributed by atoms with E-state index < -0.39 is 21.2 Å². The van der Waals surface area contributed by atoms with E-state index in [1.807, 2.05) is 0 Å². The molecule has 1 rings (SSSR count). The largest absolute Gasteiger partial charge is 0.504 e. The Kier molecular flexibility index (Phi) is 4.96. The van der Waals surface area contributed by atoms with Gasteiger partial charge in [0.1, 0.15) is 0 Å². The smallest absolute Gasteiger partial charge is 0.323 e. The van der Waals surface area contributed by atoms with Crippen molar-refractivity contribution in [2.24, 2.45) is 0 Å². The first-order chi connectivity index (χ1) is 9.20. The minimum Gasteiger partial charge on any atom is -0.504 e. The molecule has 0 spiro atoms. The molecule has 0 bridgehead atoms. The van der Waals surface area contributed by atoms with Crippen molar-refractivity contribution in [1.29, 1.82) is 0 Å². The molecule has 2 N–H and O–H groups in total. The molecule has 0 saturated heterocycles. The molecule has 0 radical (unpaired) electrons. The number of aliphatic carboxylic acids is 1. The highest BCUT2D eigenvalue weighted by atomic mass is 32.2. The first kappa shape index (κ1) is 16.3. The molecule has 1 unspecified atom stereocenters. The molecule has 0 amide bonds. The number of sulfonamides is 1. The van der Waals surface area contributed by atoms with Crippen LogP contribution in [0.4, 0.5) is 0 Å². The van der Waals surface area contributed by atoms with E-state index in [2.05, 4.69) is 0 Å². The summed E-state index contributed by atoms with van der Waals surface area (Å²) >= 11 is 0. The quantitative estimate of drug-likeness (QED) is 0.799. The summed E-state index contributed by atoms with van der Waals surface area (Å²) in [6.45, 7) is 1.10. The average molecular weight is 303 g/mol. The van der Waals surface area contributed by atoms with Crippen LogP contribution in [0.1, 0.15) is 12.5 Å². The van der Waals surface area contributed by atoms with Gasteiger partial charge in [0.05, 0.1) is 7.11 Å². The summed E-state index contributed by atoms with van der Waals surface area (Å²) in [7, 11) is -1.26. The van der Waals surface area contributed by atoms with E-state index in [9.17, 15) is 18.3 Å². The van der Waals surface area contributed by atoms with Crippen LogP contribution in [-0.2, 0) is 21.4 Å². The van der Waals surface area contributed by atoms with Gasteiger partial charge >= 0.3 is 5.97 Å². The van der Waals surface area contributed by atoms with Crippen LogP contribution < -0.4 is 4.74 Å². The fraction of sp³-hybridized carbons (Fsp3) is 0.417. The van der Waals surface area contributed by atoms with Gasteiger partial charge in [-0.05, 0) is 24.6 Å². The van der Waals surface area contributed by atoms with Crippen LogP contribution in [0.25, 0.3) is 0 Å². The number of hydrogen-bond acceptors (Lipinski definition) is 5. The molecule has 0 aliphatic heterocycles. The Hall–Kier alpha value is -1.80. The summed E-state index contributed by atoms with van der Waals surface area (Å²) in [6.07, 6.45) is 0. The number of methoxy groups -OCH3 is 1. The van der Waals surface area contributed by atoms with Crippen molar-refractivity contribution < 1.29 is 28.2 Å². The number of nitrogens with zero attached hydrogens (tertiary/aromatic N) is 1. The molecule has 1 aromatic rings. The van der Waals surface area contributed by atoms with Crippen molar-refractivity contribution >= 4 is 16.0 Å². The zero-order chi connectivity index (χ0) is 15.5. The molecule has 112 valence electrons. The third-order valence-corrected chi connectivity index (χ3v) is 4.97. The molecule has 1 atom stereocenters. The highest BCUT2D eigenvalue weighted by molar-refractivity contribution is 7.90. The zero-order valence-electron chi connectivity index (χ0n) is 11.4. The molecular weight excluding hydrogens is 286 g/mol. The highest BCUT2D eigenvalue weighted by Gasteiger charge is 2.31. The Labute approximate surface area is 117 Å². The second-order valence-electron chi connectivity index (χ2n) is 4.29. The highest BCUT2D eigenvalue weighted by Crippen LogP contribution is 2.27. The maximum atomic E-state index is 12.0. The van der Waals surface area contributed by atoms with Crippen molar-refractivity contribution in [2.45, 2.75) is 18.7 Å². The number of ether oxygens (including phenoxy) is 1. The number of phenolic OH excluding ortho intramolecular Hbond substituents is 1. The second-order valence-corrected chi connectivity index (χ2v) is 6.65. The number of hydrogen-bond donors (Lipinski definition) is 2. The molecular formula is C12H17NO6S. The van der Waals surface area contributed by atoms with Crippen molar-refractivity contribution in [2.75, 3.05) is 14.2 Å². The number of aromatic hydroxyl groups is 1. The van der Waals surface area contributed by atoms with Gasteiger partial charge in [0.25, 0.3) is 0 Å². The molecule has 0 saturated carbocycles. The number of rotatable bonds is 6. The predicted octanol–water partition coefficient (Wildman–Crippen LogP) is 0.635. The zero-order valence-corrected chi connectivity index (χ0v) is 12.2. The molecule has 0 aliphatic rings. The lowest BCUT2D eigenvalue weighted by atomic mass is 10.2. The minimum absolute atomic E-state index is 0.0173. The molecule has 0 aliphatic carbocycles. The van der Waals surface area contributed by atoms with Crippen LogP contribution in [0.5, 0.6) is 11.5 Å². The molecule has 0 fully saturated rings. The Morgan fingerprint density at radius 1 is 1.45 bits per heavy atom. The number of carboxylic acids is 1. The Morgan fingerprint density at radius 3 is 2.55 bits per heavy atom. The van der Waals surface area contributed by atoms with Crippen LogP contribution in [-0.4, -0.2) is 48.3 Å². The van der Waals surface area contributed by atoms with Gasteiger partial charge in [-0.25, -0.2) is 8.42 Å². The molecule has 0 heterocycles. The van der Waals surface area contributed by atoms with E-state index in [-0.39, 0.29) is 18.0 Å². The molecule has 1 aromatic carbocycles. The Bertz CT molecular complexity index is 598. The maximum Gasteiger partial charge on any atom is 0.323 e. The lowest BCUT2D eigenvalue weighted by molar-refractivity contribution is -0.136. The number of carboxylic acid groups (broad SMARTS) is 1. The predicted molar refractivity (Wildman–Crippen MR) is 72.1 cm³/mol. The molecule has 0 aromatic heterocycles. The summed E-state index contributed by atoms with van der Waals surface area (Å²) in [5.74, 6) is -1.24. The summed E-state index contributed by atoms with van der Waals surface area (Å²) in [5, 5.41) is 16.7. The van der Waals surface area contributed by atoms with Crippen LogP contribution >= 0.6 is 0 Å². The minimum atomic E-state index is -3.94. The Morgan fingerprint density at radius 2 is 2.05 bits per heavy atom. The number of carbonyl (C=O) groups is 1. The summed E-state index contributed by atoms with van der Waals surface area (Å²) in [4.78, 5) is 10.8. The third-order valence-electron chi connectivity index (χ3n) is 2.88. The normalized spacial score (nSPS) is 13.2. The van der Waals surface area contributed by atoms with E-state index in [0.29, 0.717) is 5.56 Å². The van der Waals surface area contributed by atoms with Crippen LogP contribution in [0.2, 0.25) is 0 Å². The number of benzene rings is 1. The number of phenols is 1. The van der Waals surface area contributed by atoms with Crippen molar-refractivity contribution in [3.63, 3.8) is 0 Å². The first-order valence-corrected chi connectivity index (χ1v) is 7.24. The van der Waals surface area contributed by atoms with Gasteiger partial charge in [-0.1, -0.05) is 6.07 Å². The monoisotopic (exact) mass is 303 g/mol. The SMILES string of the molecule is COc1cc(CN(C)S(=O)(=O)C(C)C(=O)O)ccc1O. The van der Waals surface area contributed by atoms with Gasteiger partial charge in [-0.3, -0.25) is 4.79 Å². The fourth-order valence-corrected chi connectivity index (χ4v) is 2.69. The molecule has 7 nitrogen and oxygen atoms in total. The third kappa shape index (κ3) is 3.40. The van der Waals surface area contributed by atoms with Crippen molar-refractivity contribution in [1.82, 2.24) is 4.31 Å². The maximum absolute atomic E-state index is 12.0. The van der Waals surface area contributed by atoms with Gasteiger partial charge in [0.2, 0.25) is 10.0 Å². The molecule has 8 heteroatoms. The fourth-order valence-electron chi connectivity index (χ4n) is 1.56. The van der Waals surface area contributed by atoms with Crippen LogP contribution in [0, 0.1) is 0 Å². The van der Waals surface area contributed by atoms with E-state index in [0.717, 1.165) is 11.2 Å². The van der Waals surface area contributed by atoms with Gasteiger partial charge in [0, 0.05) is 13.6 Å². The second kappa shape index (κ2) is 6.10. The van der Waals surface area contributed by atoms with Gasteiger partial charge in [0.15, 0.2) is 16.7 Å². The average Bonchev–Trinajstić information content (AvgIpc) is 2.39. The summed E-state index contributed by atoms with van der Waals surface area (Å²) in [5.41, 5.74) is 0.573. The van der Waals surface area contributed by atoms with E-state index in [1.165, 1.54) is 32.4 Å².